The highest BCUT2D eigenvalue weighted by Gasteiger charge is 2.23. The van der Waals surface area contributed by atoms with E-state index in [1.165, 1.54) is 23.2 Å². The molecule has 1 aromatic heterocycles. The van der Waals surface area contributed by atoms with E-state index in [1.54, 1.807) is 0 Å². The van der Waals surface area contributed by atoms with Gasteiger partial charge in [-0.05, 0) is 44.6 Å². The Labute approximate surface area is 120 Å². The Morgan fingerprint density at radius 3 is 2.90 bits per heavy atom. The molecule has 20 heavy (non-hydrogen) atoms. The van der Waals surface area contributed by atoms with Crippen molar-refractivity contribution in [1.82, 2.24) is 9.78 Å². The van der Waals surface area contributed by atoms with Crippen LogP contribution in [0.4, 0.5) is 0 Å². The lowest BCUT2D eigenvalue weighted by molar-refractivity contribution is 0.509. The topological polar surface area (TPSA) is 43.8 Å². The smallest absolute Gasteiger partial charge is 0.0644 e. The van der Waals surface area contributed by atoms with Gasteiger partial charge in [-0.1, -0.05) is 30.3 Å². The molecule has 0 saturated carbocycles. The van der Waals surface area contributed by atoms with Gasteiger partial charge in [-0.3, -0.25) is 4.68 Å². The molecule has 1 aromatic carbocycles. The van der Waals surface area contributed by atoms with Crippen molar-refractivity contribution in [2.24, 2.45) is 5.73 Å². The van der Waals surface area contributed by atoms with Gasteiger partial charge in [-0.25, -0.2) is 0 Å². The fourth-order valence-electron chi connectivity index (χ4n) is 3.29. The molecule has 1 heterocycles. The van der Waals surface area contributed by atoms with E-state index >= 15 is 0 Å². The molecule has 0 fully saturated rings. The Bertz CT molecular complexity index is 571. The lowest BCUT2D eigenvalue weighted by Crippen LogP contribution is -2.19. The number of aromatic nitrogens is 2. The molecule has 1 aliphatic carbocycles. The molecule has 1 aliphatic rings. The third-order valence-corrected chi connectivity index (χ3v) is 4.26. The van der Waals surface area contributed by atoms with E-state index in [4.69, 9.17) is 10.8 Å². The van der Waals surface area contributed by atoms with Gasteiger partial charge in [0, 0.05) is 23.8 Å². The number of nitrogens with two attached hydrogens (primary N) is 1. The van der Waals surface area contributed by atoms with Crippen molar-refractivity contribution in [3.05, 3.63) is 52.8 Å². The quantitative estimate of drug-likeness (QED) is 0.926. The van der Waals surface area contributed by atoms with Gasteiger partial charge < -0.3 is 5.73 Å². The van der Waals surface area contributed by atoms with E-state index in [1.807, 2.05) is 0 Å². The second kappa shape index (κ2) is 5.80. The van der Waals surface area contributed by atoms with Gasteiger partial charge in [0.2, 0.25) is 0 Å². The molecule has 2 aromatic rings. The Kier molecular flexibility index (Phi) is 3.88. The monoisotopic (exact) mass is 269 g/mol. The molecule has 3 nitrogen and oxygen atoms in total. The van der Waals surface area contributed by atoms with E-state index in [0.717, 1.165) is 37.9 Å². The van der Waals surface area contributed by atoms with E-state index in [9.17, 15) is 0 Å². The summed E-state index contributed by atoms with van der Waals surface area (Å²) in [4.78, 5) is 0. The largest absolute Gasteiger partial charge is 0.324 e. The van der Waals surface area contributed by atoms with Crippen molar-refractivity contribution in [1.29, 1.82) is 0 Å². The molecule has 0 radical (unpaired) electrons. The molecule has 0 saturated heterocycles. The molecule has 0 bridgehead atoms. The summed E-state index contributed by atoms with van der Waals surface area (Å²) >= 11 is 0. The summed E-state index contributed by atoms with van der Waals surface area (Å²) in [5.41, 5.74) is 11.5. The van der Waals surface area contributed by atoms with Crippen LogP contribution in [0.25, 0.3) is 0 Å². The van der Waals surface area contributed by atoms with Gasteiger partial charge in [0.25, 0.3) is 0 Å². The third-order valence-electron chi connectivity index (χ3n) is 4.26. The van der Waals surface area contributed by atoms with Crippen LogP contribution in [0.15, 0.2) is 30.3 Å². The molecule has 0 amide bonds. The van der Waals surface area contributed by atoms with Crippen LogP contribution < -0.4 is 5.73 Å². The maximum Gasteiger partial charge on any atom is 0.0644 e. The highest BCUT2D eigenvalue weighted by atomic mass is 15.3. The molecule has 3 rings (SSSR count). The number of fused-ring (bicyclic) bond motifs is 1. The van der Waals surface area contributed by atoms with Gasteiger partial charge >= 0.3 is 0 Å². The van der Waals surface area contributed by atoms with E-state index in [-0.39, 0.29) is 6.04 Å². The molecule has 106 valence electrons. The molecule has 0 aliphatic heterocycles. The number of rotatable bonds is 4. The van der Waals surface area contributed by atoms with Gasteiger partial charge in [-0.15, -0.1) is 0 Å². The van der Waals surface area contributed by atoms with E-state index in [0.29, 0.717) is 0 Å². The maximum absolute atomic E-state index is 6.23. The van der Waals surface area contributed by atoms with Crippen molar-refractivity contribution in [3.8, 4) is 0 Å². The normalized spacial score (nSPS) is 18.0. The van der Waals surface area contributed by atoms with Crippen LogP contribution in [0.2, 0.25) is 0 Å². The van der Waals surface area contributed by atoms with Crippen LogP contribution in [-0.2, 0) is 19.4 Å². The average Bonchev–Trinajstić information content (AvgIpc) is 2.78. The first-order valence-electron chi connectivity index (χ1n) is 7.61. The second-order valence-corrected chi connectivity index (χ2v) is 5.76. The van der Waals surface area contributed by atoms with Crippen LogP contribution in [0, 0.1) is 6.92 Å². The molecular weight excluding hydrogens is 246 g/mol. The Morgan fingerprint density at radius 2 is 2.10 bits per heavy atom. The van der Waals surface area contributed by atoms with Crippen LogP contribution in [-0.4, -0.2) is 9.78 Å². The minimum absolute atomic E-state index is 0.196. The molecule has 0 spiro atoms. The van der Waals surface area contributed by atoms with Crippen LogP contribution in [0.5, 0.6) is 0 Å². The predicted octanol–water partition coefficient (Wildman–Crippen LogP) is 3.16. The molecular formula is C17H23N3. The summed E-state index contributed by atoms with van der Waals surface area (Å²) in [6, 6.07) is 10.9. The predicted molar refractivity (Wildman–Crippen MR) is 81.6 cm³/mol. The van der Waals surface area contributed by atoms with Crippen molar-refractivity contribution in [2.75, 3.05) is 0 Å². The van der Waals surface area contributed by atoms with Crippen molar-refractivity contribution >= 4 is 0 Å². The highest BCUT2D eigenvalue weighted by molar-refractivity contribution is 5.31. The van der Waals surface area contributed by atoms with Gasteiger partial charge in [0.1, 0.15) is 0 Å². The fourth-order valence-corrected chi connectivity index (χ4v) is 3.29. The number of benzene rings is 1. The van der Waals surface area contributed by atoms with Crippen molar-refractivity contribution < 1.29 is 0 Å². The summed E-state index contributed by atoms with van der Waals surface area (Å²) in [5.74, 6) is 0. The van der Waals surface area contributed by atoms with E-state index in [2.05, 4.69) is 41.9 Å². The Hall–Kier alpha value is -1.61. The van der Waals surface area contributed by atoms with E-state index < -0.39 is 0 Å². The lowest BCUT2D eigenvalue weighted by Gasteiger charge is -2.20. The Balaban J connectivity index is 1.68. The van der Waals surface area contributed by atoms with Gasteiger partial charge in [0.15, 0.2) is 0 Å². The zero-order valence-corrected chi connectivity index (χ0v) is 12.2. The highest BCUT2D eigenvalue weighted by Crippen LogP contribution is 2.30. The first kappa shape index (κ1) is 13.4. The zero-order chi connectivity index (χ0) is 13.9. The van der Waals surface area contributed by atoms with Crippen LogP contribution >= 0.6 is 0 Å². The molecule has 1 atom stereocenters. The summed E-state index contributed by atoms with van der Waals surface area (Å²) in [7, 11) is 0. The fraction of sp³-hybridized carbons (Fsp3) is 0.471. The van der Waals surface area contributed by atoms with Gasteiger partial charge in [0.05, 0.1) is 5.69 Å². The first-order valence-corrected chi connectivity index (χ1v) is 7.61. The molecule has 3 heteroatoms. The number of hydrogen-bond acceptors (Lipinski definition) is 2. The van der Waals surface area contributed by atoms with Crippen LogP contribution in [0.3, 0.4) is 0 Å². The SMILES string of the molecule is Cc1nn(CCCc2ccccc2)c2c1C(N)CCC2. The first-order chi connectivity index (χ1) is 9.75. The summed E-state index contributed by atoms with van der Waals surface area (Å²) in [6.07, 6.45) is 5.67. The standard InChI is InChI=1S/C17H23N3/c1-13-17-15(18)10-5-11-16(17)20(19-13)12-6-9-14-7-3-2-4-8-14/h2-4,7-8,15H,5-6,9-12,18H2,1H3. The van der Waals surface area contributed by atoms with Gasteiger partial charge in [-0.2, -0.15) is 5.10 Å². The zero-order valence-electron chi connectivity index (χ0n) is 12.2. The average molecular weight is 269 g/mol. The number of nitrogens with zero attached hydrogens (tertiary/aromatic N) is 2. The van der Waals surface area contributed by atoms with Crippen molar-refractivity contribution in [2.45, 2.75) is 51.6 Å². The number of hydrogen-bond donors (Lipinski definition) is 1. The Morgan fingerprint density at radius 1 is 1.30 bits per heavy atom. The van der Waals surface area contributed by atoms with Crippen molar-refractivity contribution in [3.63, 3.8) is 0 Å². The summed E-state index contributed by atoms with van der Waals surface area (Å²) in [5, 5.41) is 4.71. The van der Waals surface area contributed by atoms with Crippen LogP contribution in [0.1, 0.15) is 47.8 Å². The third kappa shape index (κ3) is 2.63. The maximum atomic E-state index is 6.23. The minimum Gasteiger partial charge on any atom is -0.324 e. The number of aryl methyl sites for hydroxylation is 3. The molecule has 2 N–H and O–H groups in total. The second-order valence-electron chi connectivity index (χ2n) is 5.76. The summed E-state index contributed by atoms with van der Waals surface area (Å²) in [6.45, 7) is 3.09. The molecule has 1 unspecified atom stereocenters. The summed E-state index contributed by atoms with van der Waals surface area (Å²) < 4.78 is 2.20. The lowest BCUT2D eigenvalue weighted by atomic mass is 9.92. The minimum atomic E-state index is 0.196.